The summed E-state index contributed by atoms with van der Waals surface area (Å²) in [6.45, 7) is 0. The maximum atomic E-state index is 11.2. The Balaban J connectivity index is 2.41. The van der Waals surface area contributed by atoms with E-state index < -0.39 is 0 Å². The zero-order chi connectivity index (χ0) is 7.68. The first-order valence-corrected chi connectivity index (χ1v) is 3.64. The van der Waals surface area contributed by atoms with Gasteiger partial charge in [0.15, 0.2) is 5.78 Å². The number of Topliss-reactive ketones (excluding diaryl/α,β-unsaturated/α-hetero) is 1. The number of hydrogen-bond acceptors (Lipinski definition) is 2. The fourth-order valence-corrected chi connectivity index (χ4v) is 1.28. The van der Waals surface area contributed by atoms with Crippen molar-refractivity contribution in [3.63, 3.8) is 0 Å². The van der Waals surface area contributed by atoms with Gasteiger partial charge in [-0.2, -0.15) is 0 Å². The minimum atomic E-state index is 0.187. The first-order chi connectivity index (χ1) is 5.38. The lowest BCUT2D eigenvalue weighted by molar-refractivity contribution is -0.115. The average molecular weight is 148 g/mol. The molecule has 1 heterocycles. The van der Waals surface area contributed by atoms with E-state index in [1.807, 2.05) is 6.08 Å². The zero-order valence-corrected chi connectivity index (χ0v) is 6.04. The number of allylic oxidation sites excluding steroid dienone is 4. The summed E-state index contributed by atoms with van der Waals surface area (Å²) in [5.41, 5.74) is 1.73. The lowest BCUT2D eigenvalue weighted by Crippen LogP contribution is -2.10. The maximum absolute atomic E-state index is 11.2. The zero-order valence-electron chi connectivity index (χ0n) is 6.04. The van der Waals surface area contributed by atoms with Crippen molar-refractivity contribution in [3.05, 3.63) is 35.8 Å². The van der Waals surface area contributed by atoms with Gasteiger partial charge in [0.1, 0.15) is 6.26 Å². The molecule has 0 aromatic heterocycles. The van der Waals surface area contributed by atoms with Gasteiger partial charge in [0, 0.05) is 6.42 Å². The molecule has 0 radical (unpaired) electrons. The molecular formula is C9H8O2. The lowest BCUT2D eigenvalue weighted by Gasteiger charge is -2.14. The van der Waals surface area contributed by atoms with Crippen molar-refractivity contribution in [2.24, 2.45) is 0 Å². The van der Waals surface area contributed by atoms with Gasteiger partial charge in [-0.25, -0.2) is 0 Å². The van der Waals surface area contributed by atoms with E-state index in [0.717, 1.165) is 17.6 Å². The molecule has 1 aliphatic heterocycles. The molecule has 0 bridgehead atoms. The van der Waals surface area contributed by atoms with Crippen LogP contribution in [0.5, 0.6) is 0 Å². The summed E-state index contributed by atoms with van der Waals surface area (Å²) in [6.07, 6.45) is 8.47. The van der Waals surface area contributed by atoms with Gasteiger partial charge in [-0.3, -0.25) is 4.79 Å². The number of ether oxygens (including phenoxy) is 1. The summed E-state index contributed by atoms with van der Waals surface area (Å²) >= 11 is 0. The number of rotatable bonds is 0. The van der Waals surface area contributed by atoms with E-state index in [9.17, 15) is 4.79 Å². The first-order valence-electron chi connectivity index (χ1n) is 3.64. The van der Waals surface area contributed by atoms with Crippen LogP contribution in [0.3, 0.4) is 0 Å². The fourth-order valence-electron chi connectivity index (χ4n) is 1.28. The predicted molar refractivity (Wildman–Crippen MR) is 40.6 cm³/mol. The van der Waals surface area contributed by atoms with Crippen molar-refractivity contribution < 1.29 is 9.53 Å². The van der Waals surface area contributed by atoms with Crippen LogP contribution in [-0.4, -0.2) is 5.78 Å². The summed E-state index contributed by atoms with van der Waals surface area (Å²) in [4.78, 5) is 11.2. The minimum absolute atomic E-state index is 0.187. The van der Waals surface area contributed by atoms with Crippen LogP contribution in [-0.2, 0) is 9.53 Å². The molecule has 0 amide bonds. The quantitative estimate of drug-likeness (QED) is 0.522. The Morgan fingerprint density at radius 2 is 2.36 bits per heavy atom. The molecule has 56 valence electrons. The molecule has 2 rings (SSSR count). The van der Waals surface area contributed by atoms with Crippen LogP contribution in [0.1, 0.15) is 12.8 Å². The van der Waals surface area contributed by atoms with E-state index in [1.165, 1.54) is 6.26 Å². The smallest absolute Gasteiger partial charge is 0.166 e. The second-order valence-electron chi connectivity index (χ2n) is 2.59. The van der Waals surface area contributed by atoms with E-state index in [4.69, 9.17) is 4.74 Å². The van der Waals surface area contributed by atoms with Crippen molar-refractivity contribution in [3.8, 4) is 0 Å². The highest BCUT2D eigenvalue weighted by Crippen LogP contribution is 2.24. The standard InChI is InChI=1S/C9H8O2/c10-9-3-1-2-7-4-5-11-6-8(7)9/h2,4-6H,1,3H2. The van der Waals surface area contributed by atoms with Crippen molar-refractivity contribution in [1.29, 1.82) is 0 Å². The Bertz CT molecular complexity index is 282. The van der Waals surface area contributed by atoms with Gasteiger partial charge in [0.25, 0.3) is 0 Å². The topological polar surface area (TPSA) is 26.3 Å². The molecule has 2 aliphatic rings. The summed E-state index contributed by atoms with van der Waals surface area (Å²) in [5, 5.41) is 0. The number of fused-ring (bicyclic) bond motifs is 1. The monoisotopic (exact) mass is 148 g/mol. The molecule has 0 saturated carbocycles. The second-order valence-corrected chi connectivity index (χ2v) is 2.59. The lowest BCUT2D eigenvalue weighted by atomic mass is 9.93. The van der Waals surface area contributed by atoms with Gasteiger partial charge in [-0.1, -0.05) is 6.08 Å². The maximum Gasteiger partial charge on any atom is 0.166 e. The summed E-state index contributed by atoms with van der Waals surface area (Å²) in [7, 11) is 0. The van der Waals surface area contributed by atoms with Gasteiger partial charge in [-0.05, 0) is 18.1 Å². The van der Waals surface area contributed by atoms with Crippen LogP contribution in [0.15, 0.2) is 35.8 Å². The summed E-state index contributed by atoms with van der Waals surface area (Å²) in [6, 6.07) is 0. The molecule has 0 fully saturated rings. The van der Waals surface area contributed by atoms with Crippen LogP contribution < -0.4 is 0 Å². The van der Waals surface area contributed by atoms with Crippen molar-refractivity contribution in [2.45, 2.75) is 12.8 Å². The van der Waals surface area contributed by atoms with E-state index in [-0.39, 0.29) is 5.78 Å². The van der Waals surface area contributed by atoms with Gasteiger partial charge in [0.05, 0.1) is 11.8 Å². The van der Waals surface area contributed by atoms with Gasteiger partial charge in [-0.15, -0.1) is 0 Å². The molecule has 2 heteroatoms. The summed E-state index contributed by atoms with van der Waals surface area (Å²) < 4.78 is 4.91. The Labute approximate surface area is 64.9 Å². The van der Waals surface area contributed by atoms with E-state index in [2.05, 4.69) is 6.08 Å². The number of hydrogen-bond donors (Lipinski definition) is 0. The van der Waals surface area contributed by atoms with Gasteiger partial charge in [0.2, 0.25) is 0 Å². The molecule has 1 aliphatic carbocycles. The van der Waals surface area contributed by atoms with E-state index in [1.54, 1.807) is 6.26 Å². The third-order valence-electron chi connectivity index (χ3n) is 1.86. The SMILES string of the molecule is O=C1CCC=C2C=COC=C12. The molecule has 2 nitrogen and oxygen atoms in total. The number of carbonyl (C=O) groups excluding carboxylic acids is 1. The van der Waals surface area contributed by atoms with E-state index >= 15 is 0 Å². The van der Waals surface area contributed by atoms with Crippen LogP contribution in [0, 0.1) is 0 Å². The van der Waals surface area contributed by atoms with Crippen LogP contribution >= 0.6 is 0 Å². The molecule has 11 heavy (non-hydrogen) atoms. The highest BCUT2D eigenvalue weighted by molar-refractivity contribution is 6.01. The number of carbonyl (C=O) groups is 1. The van der Waals surface area contributed by atoms with Crippen molar-refractivity contribution >= 4 is 5.78 Å². The third-order valence-corrected chi connectivity index (χ3v) is 1.86. The normalized spacial score (nSPS) is 21.6. The highest BCUT2D eigenvalue weighted by Gasteiger charge is 2.18. The Hall–Kier alpha value is -1.31. The van der Waals surface area contributed by atoms with E-state index in [0.29, 0.717) is 6.42 Å². The van der Waals surface area contributed by atoms with Crippen molar-refractivity contribution in [1.82, 2.24) is 0 Å². The highest BCUT2D eigenvalue weighted by atomic mass is 16.5. The van der Waals surface area contributed by atoms with Gasteiger partial charge < -0.3 is 4.74 Å². The van der Waals surface area contributed by atoms with Crippen LogP contribution in [0.4, 0.5) is 0 Å². The van der Waals surface area contributed by atoms with Crippen molar-refractivity contribution in [2.75, 3.05) is 0 Å². The molecule has 0 aromatic carbocycles. The number of ketones is 1. The minimum Gasteiger partial charge on any atom is -0.472 e. The Morgan fingerprint density at radius 1 is 1.45 bits per heavy atom. The largest absolute Gasteiger partial charge is 0.472 e. The third kappa shape index (κ3) is 1.00. The average Bonchev–Trinajstić information content (AvgIpc) is 2.06. The Morgan fingerprint density at radius 3 is 3.18 bits per heavy atom. The molecule has 0 saturated heterocycles. The second kappa shape index (κ2) is 2.38. The fraction of sp³-hybridized carbons (Fsp3) is 0.222. The van der Waals surface area contributed by atoms with Gasteiger partial charge >= 0.3 is 0 Å². The molecule has 0 N–H and O–H groups in total. The van der Waals surface area contributed by atoms with Crippen LogP contribution in [0.2, 0.25) is 0 Å². The molecule has 0 aromatic rings. The Kier molecular flexibility index (Phi) is 1.39. The molecular weight excluding hydrogens is 140 g/mol. The summed E-state index contributed by atoms with van der Waals surface area (Å²) in [5.74, 6) is 0.187. The molecule has 0 unspecified atom stereocenters. The van der Waals surface area contributed by atoms with Crippen LogP contribution in [0.25, 0.3) is 0 Å². The molecule has 0 spiro atoms. The predicted octanol–water partition coefficient (Wildman–Crippen LogP) is 1.70. The molecule has 0 atom stereocenters. The first kappa shape index (κ1) is 6.40.